The Bertz CT molecular complexity index is 880. The normalized spacial score (nSPS) is 11.9. The van der Waals surface area contributed by atoms with E-state index >= 15 is 0 Å². The van der Waals surface area contributed by atoms with Gasteiger partial charge in [-0.3, -0.25) is 20.1 Å². The van der Waals surface area contributed by atoms with E-state index in [2.05, 4.69) is 15.3 Å². The van der Waals surface area contributed by atoms with E-state index in [1.807, 2.05) is 55.6 Å². The Morgan fingerprint density at radius 2 is 1.77 bits per heavy atom. The van der Waals surface area contributed by atoms with Crippen LogP contribution in [0.2, 0.25) is 0 Å². The first-order valence-corrected chi connectivity index (χ1v) is 8.54. The van der Waals surface area contributed by atoms with Gasteiger partial charge in [0.25, 0.3) is 0 Å². The zero-order valence-electron chi connectivity index (χ0n) is 14.7. The molecule has 0 aliphatic rings. The molecule has 3 N–H and O–H groups in total. The Balaban J connectivity index is 1.78. The Kier molecular flexibility index (Phi) is 5.71. The highest BCUT2D eigenvalue weighted by Gasteiger charge is 2.19. The van der Waals surface area contributed by atoms with Gasteiger partial charge in [-0.05, 0) is 59.4 Å². The number of carbonyl (C=O) groups is 1. The number of carbonyl (C=O) groups excluding carboxylic acids is 1. The summed E-state index contributed by atoms with van der Waals surface area (Å²) in [5.41, 5.74) is 11.0. The highest BCUT2D eigenvalue weighted by atomic mass is 16.1. The summed E-state index contributed by atoms with van der Waals surface area (Å²) in [7, 11) is 0. The van der Waals surface area contributed by atoms with Gasteiger partial charge < -0.3 is 5.73 Å². The number of nitrogens with zero attached hydrogens (tertiary/aromatic N) is 2. The van der Waals surface area contributed by atoms with Crippen molar-refractivity contribution in [3.8, 4) is 0 Å². The van der Waals surface area contributed by atoms with Crippen molar-refractivity contribution in [2.45, 2.75) is 25.9 Å². The standard InChI is InChI=1S/C21H22N4O/c1-15-4-2-3-5-19(15)20(21(22)26)25-14-17-8-11-24-13-18(17)12-16-6-9-23-10-7-16/h2-11,13,20,25H,12,14H2,1H3,(H2,22,26). The minimum atomic E-state index is -0.529. The summed E-state index contributed by atoms with van der Waals surface area (Å²) in [6, 6.07) is 13.2. The molecule has 1 amide bonds. The lowest BCUT2D eigenvalue weighted by molar-refractivity contribution is -0.120. The van der Waals surface area contributed by atoms with Gasteiger partial charge >= 0.3 is 0 Å². The van der Waals surface area contributed by atoms with Crippen LogP contribution in [-0.4, -0.2) is 15.9 Å². The summed E-state index contributed by atoms with van der Waals surface area (Å²) in [4.78, 5) is 20.3. The second-order valence-electron chi connectivity index (χ2n) is 6.25. The van der Waals surface area contributed by atoms with Crippen LogP contribution in [0.5, 0.6) is 0 Å². The summed E-state index contributed by atoms with van der Waals surface area (Å²) in [6.45, 7) is 2.51. The van der Waals surface area contributed by atoms with Crippen LogP contribution < -0.4 is 11.1 Å². The molecule has 132 valence electrons. The van der Waals surface area contributed by atoms with Crippen LogP contribution in [0.3, 0.4) is 0 Å². The molecule has 1 atom stereocenters. The highest BCUT2D eigenvalue weighted by Crippen LogP contribution is 2.19. The molecule has 0 saturated heterocycles. The lowest BCUT2D eigenvalue weighted by Gasteiger charge is -2.19. The smallest absolute Gasteiger partial charge is 0.239 e. The predicted octanol–water partition coefficient (Wildman–Crippen LogP) is 2.69. The molecule has 26 heavy (non-hydrogen) atoms. The maximum Gasteiger partial charge on any atom is 0.239 e. The molecule has 5 nitrogen and oxygen atoms in total. The van der Waals surface area contributed by atoms with Gasteiger partial charge in [0.05, 0.1) is 0 Å². The third-order valence-electron chi connectivity index (χ3n) is 4.43. The molecule has 1 unspecified atom stereocenters. The number of primary amides is 1. The molecular weight excluding hydrogens is 324 g/mol. The van der Waals surface area contributed by atoms with Crippen molar-refractivity contribution < 1.29 is 4.79 Å². The fraction of sp³-hybridized carbons (Fsp3) is 0.190. The summed E-state index contributed by atoms with van der Waals surface area (Å²) < 4.78 is 0. The van der Waals surface area contributed by atoms with Crippen molar-refractivity contribution >= 4 is 5.91 Å². The number of aromatic nitrogens is 2. The first kappa shape index (κ1) is 17.8. The number of nitrogens with one attached hydrogen (secondary N) is 1. The van der Waals surface area contributed by atoms with Crippen molar-refractivity contribution in [2.24, 2.45) is 5.73 Å². The van der Waals surface area contributed by atoms with Gasteiger partial charge in [-0.1, -0.05) is 24.3 Å². The third kappa shape index (κ3) is 4.32. The van der Waals surface area contributed by atoms with Crippen LogP contribution in [0.4, 0.5) is 0 Å². The molecular formula is C21H22N4O. The maximum absolute atomic E-state index is 12.0. The number of rotatable bonds is 7. The third-order valence-corrected chi connectivity index (χ3v) is 4.43. The van der Waals surface area contributed by atoms with Crippen molar-refractivity contribution in [1.82, 2.24) is 15.3 Å². The Hall–Kier alpha value is -3.05. The van der Waals surface area contributed by atoms with Crippen LogP contribution in [0.15, 0.2) is 67.3 Å². The Labute approximate surface area is 153 Å². The monoisotopic (exact) mass is 346 g/mol. The van der Waals surface area contributed by atoms with Gasteiger partial charge in [0, 0.05) is 31.3 Å². The average Bonchev–Trinajstić information content (AvgIpc) is 2.65. The van der Waals surface area contributed by atoms with Crippen molar-refractivity contribution in [3.63, 3.8) is 0 Å². The zero-order valence-corrected chi connectivity index (χ0v) is 14.7. The van der Waals surface area contributed by atoms with E-state index in [9.17, 15) is 4.79 Å². The van der Waals surface area contributed by atoms with Gasteiger partial charge in [-0.15, -0.1) is 0 Å². The summed E-state index contributed by atoms with van der Waals surface area (Å²) in [6.07, 6.45) is 7.96. The van der Waals surface area contributed by atoms with Gasteiger partial charge in [-0.25, -0.2) is 0 Å². The molecule has 0 radical (unpaired) electrons. The number of hydrogen-bond acceptors (Lipinski definition) is 4. The quantitative estimate of drug-likeness (QED) is 0.689. The van der Waals surface area contributed by atoms with Crippen LogP contribution in [-0.2, 0) is 17.8 Å². The zero-order chi connectivity index (χ0) is 18.4. The Morgan fingerprint density at radius 1 is 1.04 bits per heavy atom. The molecule has 0 fully saturated rings. The van der Waals surface area contributed by atoms with Crippen molar-refractivity contribution in [2.75, 3.05) is 0 Å². The van der Waals surface area contributed by atoms with E-state index in [1.54, 1.807) is 18.6 Å². The van der Waals surface area contributed by atoms with Gasteiger partial charge in [0.15, 0.2) is 0 Å². The predicted molar refractivity (Wildman–Crippen MR) is 101 cm³/mol. The van der Waals surface area contributed by atoms with Gasteiger partial charge in [-0.2, -0.15) is 0 Å². The second-order valence-corrected chi connectivity index (χ2v) is 6.25. The highest BCUT2D eigenvalue weighted by molar-refractivity contribution is 5.81. The first-order valence-electron chi connectivity index (χ1n) is 8.54. The molecule has 2 aromatic heterocycles. The molecule has 0 aliphatic heterocycles. The van der Waals surface area contributed by atoms with Gasteiger partial charge in [0.1, 0.15) is 6.04 Å². The van der Waals surface area contributed by atoms with Crippen molar-refractivity contribution in [1.29, 1.82) is 0 Å². The fourth-order valence-electron chi connectivity index (χ4n) is 2.99. The number of hydrogen-bond donors (Lipinski definition) is 2. The van der Waals surface area contributed by atoms with E-state index in [0.29, 0.717) is 6.54 Å². The first-order chi connectivity index (χ1) is 12.6. The molecule has 2 heterocycles. The lowest BCUT2D eigenvalue weighted by Crippen LogP contribution is -2.34. The molecule has 0 spiro atoms. The number of benzene rings is 1. The van der Waals surface area contributed by atoms with Gasteiger partial charge in [0.2, 0.25) is 5.91 Å². The minimum absolute atomic E-state index is 0.385. The number of pyridine rings is 2. The topological polar surface area (TPSA) is 80.9 Å². The van der Waals surface area contributed by atoms with E-state index in [1.165, 1.54) is 5.56 Å². The molecule has 5 heteroatoms. The van der Waals surface area contributed by atoms with E-state index < -0.39 is 6.04 Å². The molecule has 1 aromatic carbocycles. The largest absolute Gasteiger partial charge is 0.368 e. The fourth-order valence-corrected chi connectivity index (χ4v) is 2.99. The summed E-state index contributed by atoms with van der Waals surface area (Å²) in [5.74, 6) is -0.385. The number of nitrogens with two attached hydrogens (primary N) is 1. The average molecular weight is 346 g/mol. The van der Waals surface area contributed by atoms with Crippen LogP contribution in [0.25, 0.3) is 0 Å². The molecule has 3 rings (SSSR count). The van der Waals surface area contributed by atoms with Crippen LogP contribution in [0, 0.1) is 6.92 Å². The SMILES string of the molecule is Cc1ccccc1C(NCc1ccncc1Cc1ccncc1)C(N)=O. The summed E-state index contributed by atoms with van der Waals surface area (Å²) in [5, 5.41) is 3.30. The Morgan fingerprint density at radius 3 is 2.50 bits per heavy atom. The molecule has 3 aromatic rings. The van der Waals surface area contributed by atoms with E-state index in [-0.39, 0.29) is 5.91 Å². The van der Waals surface area contributed by atoms with Crippen LogP contribution in [0.1, 0.15) is 33.9 Å². The number of aryl methyl sites for hydroxylation is 1. The minimum Gasteiger partial charge on any atom is -0.368 e. The molecule has 0 aliphatic carbocycles. The van der Waals surface area contributed by atoms with Crippen molar-refractivity contribution in [3.05, 3.63) is 95.1 Å². The van der Waals surface area contributed by atoms with E-state index in [0.717, 1.165) is 28.7 Å². The lowest BCUT2D eigenvalue weighted by atomic mass is 9.99. The number of amides is 1. The molecule has 0 bridgehead atoms. The molecule has 0 saturated carbocycles. The van der Waals surface area contributed by atoms with E-state index in [4.69, 9.17) is 5.73 Å². The maximum atomic E-state index is 12.0. The van der Waals surface area contributed by atoms with Crippen LogP contribution >= 0.6 is 0 Å². The summed E-state index contributed by atoms with van der Waals surface area (Å²) >= 11 is 0. The second kappa shape index (κ2) is 8.36.